The van der Waals surface area contributed by atoms with Gasteiger partial charge in [-0.05, 0) is 31.7 Å². The number of aromatic amines is 2. The summed E-state index contributed by atoms with van der Waals surface area (Å²) in [6.45, 7) is 4.25. The summed E-state index contributed by atoms with van der Waals surface area (Å²) in [4.78, 5) is 16.5. The van der Waals surface area contributed by atoms with Crippen LogP contribution in [0.2, 0.25) is 0 Å². The van der Waals surface area contributed by atoms with Crippen molar-refractivity contribution in [2.75, 3.05) is 6.61 Å². The Morgan fingerprint density at radius 3 is 3.04 bits per heavy atom. The molecule has 0 saturated heterocycles. The van der Waals surface area contributed by atoms with E-state index in [1.54, 1.807) is 19.3 Å². The van der Waals surface area contributed by atoms with Crippen LogP contribution in [0, 0.1) is 0 Å². The van der Waals surface area contributed by atoms with Crippen molar-refractivity contribution in [1.29, 1.82) is 0 Å². The van der Waals surface area contributed by atoms with Gasteiger partial charge in [0.25, 0.3) is 5.56 Å². The second-order valence-electron chi connectivity index (χ2n) is 6.34. The zero-order chi connectivity index (χ0) is 16.9. The van der Waals surface area contributed by atoms with Crippen LogP contribution in [0.5, 0.6) is 5.75 Å². The molecular weight excluding hydrogens is 326 g/mol. The highest BCUT2D eigenvalue weighted by Crippen LogP contribution is 2.47. The fraction of sp³-hybridized carbons (Fsp3) is 0.412. The predicted octanol–water partition coefficient (Wildman–Crippen LogP) is 2.92. The number of hydrogen-bond donors (Lipinski definition) is 3. The quantitative estimate of drug-likeness (QED) is 0.681. The van der Waals surface area contributed by atoms with Crippen molar-refractivity contribution < 1.29 is 9.84 Å². The van der Waals surface area contributed by atoms with Crippen molar-refractivity contribution in [1.82, 2.24) is 15.2 Å². The van der Waals surface area contributed by atoms with Crippen LogP contribution in [-0.2, 0) is 12.0 Å². The molecule has 0 unspecified atom stereocenters. The Bertz CT molecular complexity index is 954. The van der Waals surface area contributed by atoms with E-state index in [1.165, 1.54) is 11.3 Å². The van der Waals surface area contributed by atoms with Gasteiger partial charge in [0.15, 0.2) is 0 Å². The minimum atomic E-state index is -1.07. The van der Waals surface area contributed by atoms with Gasteiger partial charge in [-0.15, -0.1) is 11.3 Å². The first-order valence-corrected chi connectivity index (χ1v) is 8.91. The van der Waals surface area contributed by atoms with Gasteiger partial charge in [0.2, 0.25) is 0 Å². The molecule has 126 valence electrons. The maximum Gasteiger partial charge on any atom is 0.266 e. The third-order valence-corrected chi connectivity index (χ3v) is 5.94. The molecule has 7 heteroatoms. The Morgan fingerprint density at radius 1 is 1.50 bits per heavy atom. The van der Waals surface area contributed by atoms with Crippen molar-refractivity contribution in [2.45, 2.75) is 38.7 Å². The SMILES string of the molecule is CC[C@@](C)(O)c1[nH]c(=O)c2sc(-c3cn[nH]c3)c3c2c1CCCO3. The number of aliphatic hydroxyl groups is 1. The number of aromatic nitrogens is 3. The minimum absolute atomic E-state index is 0.177. The summed E-state index contributed by atoms with van der Waals surface area (Å²) in [5.74, 6) is 0.739. The van der Waals surface area contributed by atoms with Crippen LogP contribution < -0.4 is 10.3 Å². The lowest BCUT2D eigenvalue weighted by Gasteiger charge is -2.24. The molecule has 0 amide bonds. The van der Waals surface area contributed by atoms with Crippen LogP contribution in [-0.4, -0.2) is 26.9 Å². The maximum atomic E-state index is 12.7. The van der Waals surface area contributed by atoms with Gasteiger partial charge in [-0.25, -0.2) is 0 Å². The molecule has 24 heavy (non-hydrogen) atoms. The number of ether oxygens (including phenoxy) is 1. The molecule has 6 nitrogen and oxygen atoms in total. The Balaban J connectivity index is 2.11. The zero-order valence-electron chi connectivity index (χ0n) is 13.6. The molecule has 0 aliphatic carbocycles. The monoisotopic (exact) mass is 345 g/mol. The summed E-state index contributed by atoms with van der Waals surface area (Å²) in [5, 5.41) is 18.4. The molecule has 0 aromatic carbocycles. The Kier molecular flexibility index (Phi) is 3.51. The lowest BCUT2D eigenvalue weighted by atomic mass is 9.91. The van der Waals surface area contributed by atoms with Gasteiger partial charge >= 0.3 is 0 Å². The number of nitrogens with zero attached hydrogens (tertiary/aromatic N) is 1. The van der Waals surface area contributed by atoms with Crippen molar-refractivity contribution >= 4 is 21.4 Å². The number of thiophene rings is 1. The van der Waals surface area contributed by atoms with Crippen LogP contribution in [0.1, 0.15) is 37.9 Å². The first kappa shape index (κ1) is 15.4. The number of rotatable bonds is 3. The van der Waals surface area contributed by atoms with Crippen LogP contribution in [0.15, 0.2) is 17.2 Å². The Hall–Kier alpha value is -2.12. The number of nitrogens with one attached hydrogen (secondary N) is 2. The summed E-state index contributed by atoms with van der Waals surface area (Å²) >= 11 is 1.41. The Labute approximate surface area is 142 Å². The standard InChI is InChI=1S/C17H19N3O3S/c1-3-17(2,22)15-10-5-4-6-23-12-11(10)14(16(21)20-15)24-13(12)9-7-18-19-8-9/h7-8,22H,3-6H2,1-2H3,(H,18,19)(H,20,21)/t17-/m1/s1. The van der Waals surface area contributed by atoms with E-state index < -0.39 is 5.60 Å². The number of pyridine rings is 1. The zero-order valence-corrected chi connectivity index (χ0v) is 14.4. The molecule has 0 radical (unpaired) electrons. The summed E-state index contributed by atoms with van der Waals surface area (Å²) in [7, 11) is 0. The predicted molar refractivity (Wildman–Crippen MR) is 93.7 cm³/mol. The molecule has 4 heterocycles. The second-order valence-corrected chi connectivity index (χ2v) is 7.36. The van der Waals surface area contributed by atoms with Crippen LogP contribution in [0.25, 0.3) is 20.5 Å². The molecule has 1 atom stereocenters. The van der Waals surface area contributed by atoms with E-state index in [1.807, 2.05) is 6.92 Å². The van der Waals surface area contributed by atoms with Crippen molar-refractivity contribution in [3.8, 4) is 16.2 Å². The molecule has 1 aliphatic heterocycles. The highest BCUT2D eigenvalue weighted by molar-refractivity contribution is 7.22. The fourth-order valence-corrected chi connectivity index (χ4v) is 4.38. The Morgan fingerprint density at radius 2 is 2.33 bits per heavy atom. The molecular formula is C17H19N3O3S. The van der Waals surface area contributed by atoms with E-state index in [9.17, 15) is 9.90 Å². The summed E-state index contributed by atoms with van der Waals surface area (Å²) < 4.78 is 6.65. The number of H-pyrrole nitrogens is 2. The third kappa shape index (κ3) is 2.19. The summed E-state index contributed by atoms with van der Waals surface area (Å²) in [6.07, 6.45) is 5.67. The average molecular weight is 345 g/mol. The molecule has 0 spiro atoms. The lowest BCUT2D eigenvalue weighted by Crippen LogP contribution is -2.27. The lowest BCUT2D eigenvalue weighted by molar-refractivity contribution is 0.0475. The average Bonchev–Trinajstić information content (AvgIpc) is 3.16. The van der Waals surface area contributed by atoms with Crippen molar-refractivity contribution in [3.05, 3.63) is 34.0 Å². The topological polar surface area (TPSA) is 91.0 Å². The first-order chi connectivity index (χ1) is 11.5. The molecule has 0 saturated carbocycles. The van der Waals surface area contributed by atoms with Gasteiger partial charge in [0.05, 0.1) is 23.4 Å². The molecule has 3 N–H and O–H groups in total. The minimum Gasteiger partial charge on any atom is -0.491 e. The highest BCUT2D eigenvalue weighted by Gasteiger charge is 2.31. The van der Waals surface area contributed by atoms with Crippen LogP contribution in [0.4, 0.5) is 0 Å². The summed E-state index contributed by atoms with van der Waals surface area (Å²) in [5.41, 5.74) is 1.27. The maximum absolute atomic E-state index is 12.7. The molecule has 4 rings (SSSR count). The molecule has 0 bridgehead atoms. The van der Waals surface area contributed by atoms with E-state index in [4.69, 9.17) is 4.74 Å². The van der Waals surface area contributed by atoms with Gasteiger partial charge in [0.1, 0.15) is 16.1 Å². The van der Waals surface area contributed by atoms with Crippen molar-refractivity contribution in [3.63, 3.8) is 0 Å². The molecule has 3 aromatic rings. The van der Waals surface area contributed by atoms with Gasteiger partial charge < -0.3 is 14.8 Å². The van der Waals surface area contributed by atoms with Crippen LogP contribution >= 0.6 is 11.3 Å². The van der Waals surface area contributed by atoms with Gasteiger partial charge in [-0.3, -0.25) is 9.89 Å². The molecule has 1 aliphatic rings. The molecule has 3 aromatic heterocycles. The van der Waals surface area contributed by atoms with Gasteiger partial charge in [0, 0.05) is 17.1 Å². The third-order valence-electron chi connectivity index (χ3n) is 4.72. The number of aryl methyl sites for hydroxylation is 1. The highest BCUT2D eigenvalue weighted by atomic mass is 32.1. The van der Waals surface area contributed by atoms with Gasteiger partial charge in [-0.2, -0.15) is 5.10 Å². The van der Waals surface area contributed by atoms with E-state index in [2.05, 4.69) is 15.2 Å². The second kappa shape index (κ2) is 5.46. The summed E-state index contributed by atoms with van der Waals surface area (Å²) in [6, 6.07) is 0. The van der Waals surface area contributed by atoms with E-state index >= 15 is 0 Å². The largest absolute Gasteiger partial charge is 0.491 e. The van der Waals surface area contributed by atoms with E-state index in [0.717, 1.165) is 40.0 Å². The first-order valence-electron chi connectivity index (χ1n) is 8.09. The van der Waals surface area contributed by atoms with Gasteiger partial charge in [-0.1, -0.05) is 6.92 Å². The fourth-order valence-electron chi connectivity index (χ4n) is 3.23. The normalized spacial score (nSPS) is 16.6. The van der Waals surface area contributed by atoms with E-state index in [-0.39, 0.29) is 5.56 Å². The molecule has 0 fully saturated rings. The van der Waals surface area contributed by atoms with Crippen LogP contribution in [0.3, 0.4) is 0 Å². The number of hydrogen-bond acceptors (Lipinski definition) is 5. The van der Waals surface area contributed by atoms with Crippen molar-refractivity contribution in [2.24, 2.45) is 0 Å². The van der Waals surface area contributed by atoms with E-state index in [0.29, 0.717) is 23.4 Å². The smallest absolute Gasteiger partial charge is 0.266 e.